The van der Waals surface area contributed by atoms with Crippen LogP contribution in [0.1, 0.15) is 25.0 Å². The summed E-state index contributed by atoms with van der Waals surface area (Å²) in [6.45, 7) is 5.07. The molecule has 3 aromatic rings. The van der Waals surface area contributed by atoms with E-state index in [1.807, 2.05) is 19.9 Å². The fourth-order valence-electron chi connectivity index (χ4n) is 4.62. The number of benzene rings is 3. The Labute approximate surface area is 261 Å². The fourth-order valence-corrected chi connectivity index (χ4v) is 5.66. The first kappa shape index (κ1) is 30.7. The minimum Gasteiger partial charge on any atom is -0.483 e. The van der Waals surface area contributed by atoms with E-state index in [2.05, 4.69) is 10.2 Å². The van der Waals surface area contributed by atoms with Crippen molar-refractivity contribution in [2.24, 2.45) is 0 Å². The van der Waals surface area contributed by atoms with Crippen molar-refractivity contribution in [1.82, 2.24) is 4.90 Å². The molecule has 2 heterocycles. The highest BCUT2D eigenvalue weighted by molar-refractivity contribution is 8.18. The summed E-state index contributed by atoms with van der Waals surface area (Å²) < 4.78 is 16.6. The van der Waals surface area contributed by atoms with Crippen molar-refractivity contribution in [2.45, 2.75) is 20.4 Å². The molecule has 0 aromatic heterocycles. The minimum absolute atomic E-state index is 0.0560. The molecule has 0 radical (unpaired) electrons. The van der Waals surface area contributed by atoms with Crippen LogP contribution >= 0.6 is 23.4 Å². The van der Waals surface area contributed by atoms with Crippen LogP contribution in [0.4, 0.5) is 21.9 Å². The lowest BCUT2D eigenvalue weighted by Gasteiger charge is -2.22. The molecule has 1 N–H and O–H groups in total. The summed E-state index contributed by atoms with van der Waals surface area (Å²) in [6.07, 6.45) is 1.55. The highest BCUT2D eigenvalue weighted by atomic mass is 35.5. The molecule has 0 atom stereocenters. The van der Waals surface area contributed by atoms with Crippen LogP contribution in [0.5, 0.6) is 17.2 Å². The topological polar surface area (TPSA) is 141 Å². The van der Waals surface area contributed by atoms with E-state index >= 15 is 0 Å². The Bertz CT molecular complexity index is 1680. The predicted molar refractivity (Wildman–Crippen MR) is 166 cm³/mol. The van der Waals surface area contributed by atoms with Gasteiger partial charge in [0.15, 0.2) is 18.1 Å². The number of rotatable bonds is 11. The van der Waals surface area contributed by atoms with E-state index in [0.717, 1.165) is 35.4 Å². The van der Waals surface area contributed by atoms with Gasteiger partial charge in [0.2, 0.25) is 6.79 Å². The molecule has 44 heavy (non-hydrogen) atoms. The number of hydrogen-bond acceptors (Lipinski definition) is 10. The van der Waals surface area contributed by atoms with Crippen LogP contribution in [-0.4, -0.2) is 53.4 Å². The van der Waals surface area contributed by atoms with Crippen LogP contribution in [0.2, 0.25) is 5.02 Å². The summed E-state index contributed by atoms with van der Waals surface area (Å²) in [7, 11) is 0. The maximum Gasteiger partial charge on any atom is 0.293 e. The molecule has 0 aliphatic carbocycles. The number of hydrogen-bond donors (Lipinski definition) is 1. The van der Waals surface area contributed by atoms with Crippen molar-refractivity contribution in [1.29, 1.82) is 0 Å². The van der Waals surface area contributed by atoms with Gasteiger partial charge in [-0.15, -0.1) is 0 Å². The van der Waals surface area contributed by atoms with Gasteiger partial charge in [0, 0.05) is 59.3 Å². The van der Waals surface area contributed by atoms with Gasteiger partial charge in [-0.3, -0.25) is 29.4 Å². The normalized spacial score (nSPS) is 14.7. The van der Waals surface area contributed by atoms with E-state index in [1.54, 1.807) is 30.3 Å². The third-order valence-electron chi connectivity index (χ3n) is 6.86. The van der Waals surface area contributed by atoms with E-state index in [1.165, 1.54) is 24.3 Å². The Balaban J connectivity index is 1.36. The molecule has 0 saturated carbocycles. The van der Waals surface area contributed by atoms with Crippen LogP contribution in [0.15, 0.2) is 59.5 Å². The maximum absolute atomic E-state index is 13.3. The zero-order valence-corrected chi connectivity index (χ0v) is 25.3. The van der Waals surface area contributed by atoms with Crippen molar-refractivity contribution in [3.05, 3.63) is 85.8 Å². The first-order valence-electron chi connectivity index (χ1n) is 13.6. The molecule has 3 amide bonds. The molecule has 228 valence electrons. The van der Waals surface area contributed by atoms with Gasteiger partial charge in [0.05, 0.1) is 16.4 Å². The average molecular weight is 639 g/mol. The van der Waals surface area contributed by atoms with Gasteiger partial charge in [0.25, 0.3) is 22.7 Å². The minimum atomic E-state index is -0.553. The van der Waals surface area contributed by atoms with Crippen molar-refractivity contribution < 1.29 is 33.5 Å². The van der Waals surface area contributed by atoms with E-state index in [4.69, 9.17) is 25.8 Å². The van der Waals surface area contributed by atoms with Gasteiger partial charge >= 0.3 is 0 Å². The van der Waals surface area contributed by atoms with Crippen LogP contribution in [0, 0.1) is 10.1 Å². The molecular formula is C30H27ClN4O8S. The van der Waals surface area contributed by atoms with Crippen molar-refractivity contribution in [3.8, 4) is 17.2 Å². The van der Waals surface area contributed by atoms with Crippen LogP contribution in [-0.2, 0) is 16.1 Å². The summed E-state index contributed by atoms with van der Waals surface area (Å²) in [5.41, 5.74) is 1.94. The van der Waals surface area contributed by atoms with Gasteiger partial charge in [-0.1, -0.05) is 17.7 Å². The van der Waals surface area contributed by atoms with Crippen molar-refractivity contribution in [2.75, 3.05) is 36.7 Å². The molecule has 12 nitrogen and oxygen atoms in total. The molecule has 0 unspecified atom stereocenters. The smallest absolute Gasteiger partial charge is 0.293 e. The summed E-state index contributed by atoms with van der Waals surface area (Å²) >= 11 is 7.16. The second-order valence-electron chi connectivity index (χ2n) is 9.60. The summed E-state index contributed by atoms with van der Waals surface area (Å²) in [4.78, 5) is 52.8. The highest BCUT2D eigenvalue weighted by Gasteiger charge is 2.36. The number of nitro benzene ring substituents is 1. The number of nitrogens with one attached hydrogen (secondary N) is 1. The number of thioether (sulfide) groups is 1. The number of carbonyl (C=O) groups excluding carboxylic acids is 3. The van der Waals surface area contributed by atoms with Gasteiger partial charge in [-0.05, 0) is 61.5 Å². The largest absolute Gasteiger partial charge is 0.483 e. The maximum atomic E-state index is 13.3. The van der Waals surface area contributed by atoms with Gasteiger partial charge < -0.3 is 24.4 Å². The van der Waals surface area contributed by atoms with E-state index in [-0.39, 0.29) is 29.6 Å². The molecule has 3 aromatic carbocycles. The van der Waals surface area contributed by atoms with Crippen molar-refractivity contribution >= 4 is 63.6 Å². The lowest BCUT2D eigenvalue weighted by Crippen LogP contribution is -2.27. The Morgan fingerprint density at radius 1 is 1.14 bits per heavy atom. The quantitative estimate of drug-likeness (QED) is 0.149. The highest BCUT2D eigenvalue weighted by Crippen LogP contribution is 2.40. The lowest BCUT2D eigenvalue weighted by atomic mass is 10.1. The lowest BCUT2D eigenvalue weighted by molar-refractivity contribution is -0.384. The molecular weight excluding hydrogens is 612 g/mol. The zero-order valence-electron chi connectivity index (χ0n) is 23.7. The third-order valence-corrected chi connectivity index (χ3v) is 8.11. The molecule has 1 fully saturated rings. The number of nitro groups is 1. The number of nitrogens with zero attached hydrogens (tertiary/aromatic N) is 3. The molecule has 0 spiro atoms. The number of fused-ring (bicyclic) bond motifs is 1. The van der Waals surface area contributed by atoms with Gasteiger partial charge in [-0.25, -0.2) is 0 Å². The number of anilines is 2. The Morgan fingerprint density at radius 2 is 1.89 bits per heavy atom. The number of ether oxygens (including phenoxy) is 3. The second kappa shape index (κ2) is 13.3. The molecule has 0 bridgehead atoms. The fraction of sp³-hybridized carbons (Fsp3) is 0.233. The summed E-state index contributed by atoms with van der Waals surface area (Å²) in [5, 5.41) is 13.5. The second-order valence-corrected chi connectivity index (χ2v) is 11.0. The number of halogens is 1. The monoisotopic (exact) mass is 638 g/mol. The van der Waals surface area contributed by atoms with E-state index in [0.29, 0.717) is 33.4 Å². The Hall–Kier alpha value is -4.75. The number of amides is 3. The molecule has 2 aliphatic rings. The number of imide groups is 1. The molecule has 5 rings (SSSR count). The van der Waals surface area contributed by atoms with E-state index in [9.17, 15) is 24.5 Å². The van der Waals surface area contributed by atoms with Crippen LogP contribution in [0.3, 0.4) is 0 Å². The Kier molecular flexibility index (Phi) is 9.26. The van der Waals surface area contributed by atoms with Gasteiger partial charge in [-0.2, -0.15) is 0 Å². The third kappa shape index (κ3) is 6.74. The standard InChI is InChI=1S/C30H27ClN4O8S/c1-3-33(4-2)21-9-8-18(24(13-21)41-16-28(36)32-20-6-5-7-22(12-20)35(39)40)11-27-29(37)34(30(38)44-27)15-19-10-25-26(14-23(19)31)43-17-42-25/h5-14H,3-4,15-17H2,1-2H3,(H,32,36)/b27-11+. The van der Waals surface area contributed by atoms with Crippen molar-refractivity contribution in [3.63, 3.8) is 0 Å². The zero-order chi connectivity index (χ0) is 31.4. The first-order valence-corrected chi connectivity index (χ1v) is 14.8. The van der Waals surface area contributed by atoms with Crippen LogP contribution < -0.4 is 24.4 Å². The Morgan fingerprint density at radius 3 is 2.61 bits per heavy atom. The SMILES string of the molecule is CCN(CC)c1ccc(/C=C2/SC(=O)N(Cc3cc4c(cc3Cl)OCO4)C2=O)c(OCC(=O)Nc2cccc([N+](=O)[O-])c2)c1. The van der Waals surface area contributed by atoms with E-state index < -0.39 is 28.6 Å². The average Bonchev–Trinajstić information content (AvgIpc) is 3.56. The molecule has 14 heteroatoms. The van der Waals surface area contributed by atoms with Gasteiger partial charge in [0.1, 0.15) is 5.75 Å². The summed E-state index contributed by atoms with van der Waals surface area (Å²) in [6, 6.07) is 14.2. The molecule has 1 saturated heterocycles. The van der Waals surface area contributed by atoms with Crippen LogP contribution in [0.25, 0.3) is 6.08 Å². The molecule has 2 aliphatic heterocycles. The number of carbonyl (C=O) groups is 3. The predicted octanol–water partition coefficient (Wildman–Crippen LogP) is 6.08. The first-order chi connectivity index (χ1) is 21.2. The summed E-state index contributed by atoms with van der Waals surface area (Å²) in [5.74, 6) is 0.250. The number of non-ortho nitro benzene ring substituents is 1.